The van der Waals surface area contributed by atoms with Gasteiger partial charge in [-0.05, 0) is 67.1 Å². The second-order valence-corrected chi connectivity index (χ2v) is 7.93. The van der Waals surface area contributed by atoms with Crippen LogP contribution in [0, 0.1) is 5.82 Å². The van der Waals surface area contributed by atoms with Crippen LogP contribution in [0.3, 0.4) is 0 Å². The van der Waals surface area contributed by atoms with E-state index in [1.54, 1.807) is 48.1 Å². The molecule has 4 rings (SSSR count). The molecule has 2 N–H and O–H groups in total. The number of carbonyl (C=O) groups excluding carboxylic acids is 1. The molecule has 0 spiro atoms. The molecule has 0 aliphatic carbocycles. The average Bonchev–Trinajstić information content (AvgIpc) is 3.25. The number of amides is 1. The van der Waals surface area contributed by atoms with Crippen molar-refractivity contribution >= 4 is 16.8 Å². The molecule has 10 heteroatoms. The number of benzene rings is 3. The zero-order chi connectivity index (χ0) is 25.2. The van der Waals surface area contributed by atoms with Crippen LogP contribution in [-0.2, 0) is 11.0 Å². The smallest absolute Gasteiger partial charge is 0.416 e. The van der Waals surface area contributed by atoms with Crippen LogP contribution < -0.4 is 10.1 Å². The number of rotatable bonds is 7. The molecule has 182 valence electrons. The summed E-state index contributed by atoms with van der Waals surface area (Å²) in [5.41, 5.74) is 1.00. The maximum Gasteiger partial charge on any atom is 0.416 e. The molecule has 35 heavy (non-hydrogen) atoms. The fourth-order valence-corrected chi connectivity index (χ4v) is 3.71. The summed E-state index contributed by atoms with van der Waals surface area (Å²) >= 11 is 0. The van der Waals surface area contributed by atoms with Crippen LogP contribution in [0.1, 0.15) is 24.2 Å². The fourth-order valence-electron chi connectivity index (χ4n) is 3.71. The van der Waals surface area contributed by atoms with E-state index in [-0.39, 0.29) is 5.82 Å². The Morgan fingerprint density at radius 1 is 1.09 bits per heavy atom. The third-order valence-electron chi connectivity index (χ3n) is 5.43. The lowest BCUT2D eigenvalue weighted by Crippen LogP contribution is -2.40. The monoisotopic (exact) mass is 487 g/mol. The highest BCUT2D eigenvalue weighted by Gasteiger charge is 2.31. The molecule has 1 aromatic heterocycles. The average molecular weight is 487 g/mol. The van der Waals surface area contributed by atoms with E-state index in [1.165, 1.54) is 24.3 Å². The molecular formula is C25H21F4N3O3. The third kappa shape index (κ3) is 5.43. The predicted octanol–water partition coefficient (Wildman–Crippen LogP) is 4.80. The first-order valence-electron chi connectivity index (χ1n) is 10.6. The minimum atomic E-state index is -4.48. The van der Waals surface area contributed by atoms with Crippen molar-refractivity contribution in [1.82, 2.24) is 15.1 Å². The van der Waals surface area contributed by atoms with E-state index in [1.807, 2.05) is 0 Å². The normalized spacial score (nSPS) is 13.4. The first kappa shape index (κ1) is 24.2. The number of fused-ring (bicyclic) bond motifs is 1. The number of hydrogen-bond donors (Lipinski definition) is 2. The molecule has 1 heterocycles. The van der Waals surface area contributed by atoms with Crippen molar-refractivity contribution in [2.24, 2.45) is 0 Å². The molecule has 0 saturated heterocycles. The van der Waals surface area contributed by atoms with Crippen LogP contribution >= 0.6 is 0 Å². The molecule has 0 aliphatic heterocycles. The van der Waals surface area contributed by atoms with Crippen molar-refractivity contribution in [3.63, 3.8) is 0 Å². The Hall–Kier alpha value is -3.92. The van der Waals surface area contributed by atoms with Crippen molar-refractivity contribution in [2.75, 3.05) is 6.61 Å². The van der Waals surface area contributed by atoms with Gasteiger partial charge in [0.15, 0.2) is 0 Å². The Balaban J connectivity index is 1.64. The van der Waals surface area contributed by atoms with Gasteiger partial charge in [-0.3, -0.25) is 4.79 Å². The topological polar surface area (TPSA) is 76.4 Å². The minimum absolute atomic E-state index is 0.363. The Bertz CT molecular complexity index is 1320. The van der Waals surface area contributed by atoms with Gasteiger partial charge in [0.1, 0.15) is 24.3 Å². The van der Waals surface area contributed by atoms with Gasteiger partial charge in [0, 0.05) is 5.39 Å². The van der Waals surface area contributed by atoms with Crippen LogP contribution in [-0.4, -0.2) is 33.4 Å². The number of carbonyl (C=O) groups is 1. The highest BCUT2D eigenvalue weighted by Crippen LogP contribution is 2.32. The van der Waals surface area contributed by atoms with E-state index < -0.39 is 36.4 Å². The van der Waals surface area contributed by atoms with E-state index >= 15 is 0 Å². The molecule has 0 fully saturated rings. The number of aliphatic hydroxyl groups is 1. The fraction of sp³-hybridized carbons (Fsp3) is 0.200. The maximum atomic E-state index is 13.3. The zero-order valence-electron chi connectivity index (χ0n) is 18.5. The lowest BCUT2D eigenvalue weighted by Gasteiger charge is -2.26. The number of ether oxygens (including phenoxy) is 1. The predicted molar refractivity (Wildman–Crippen MR) is 121 cm³/mol. The first-order chi connectivity index (χ1) is 16.7. The quantitative estimate of drug-likeness (QED) is 0.367. The zero-order valence-corrected chi connectivity index (χ0v) is 18.5. The van der Waals surface area contributed by atoms with Gasteiger partial charge >= 0.3 is 6.18 Å². The number of nitrogens with zero attached hydrogens (tertiary/aromatic N) is 2. The Labute approximate surface area is 197 Å². The molecule has 0 saturated carbocycles. The second-order valence-electron chi connectivity index (χ2n) is 7.93. The van der Waals surface area contributed by atoms with E-state index in [0.29, 0.717) is 22.4 Å². The standard InChI is InChI=1S/C25H21F4N3O3/c1-15(31-23(34)14-33)24(16-2-4-18(5-3-16)25(27,28)29)35-21-10-11-22-17(12-21)13-30-32(22)20-8-6-19(26)7-9-20/h2-13,15,24,33H,14H2,1H3,(H,31,34). The molecular weight excluding hydrogens is 466 g/mol. The van der Waals surface area contributed by atoms with Crippen molar-refractivity contribution in [2.45, 2.75) is 25.2 Å². The van der Waals surface area contributed by atoms with Crippen molar-refractivity contribution in [3.8, 4) is 11.4 Å². The van der Waals surface area contributed by atoms with Crippen molar-refractivity contribution in [3.05, 3.63) is 89.9 Å². The van der Waals surface area contributed by atoms with Gasteiger partial charge in [-0.1, -0.05) is 12.1 Å². The van der Waals surface area contributed by atoms with E-state index in [0.717, 1.165) is 17.6 Å². The molecule has 2 atom stereocenters. The molecule has 4 aromatic rings. The summed E-state index contributed by atoms with van der Waals surface area (Å²) in [7, 11) is 0. The number of aromatic nitrogens is 2. The number of alkyl halides is 3. The van der Waals surface area contributed by atoms with Crippen LogP contribution in [0.2, 0.25) is 0 Å². The van der Waals surface area contributed by atoms with E-state index in [2.05, 4.69) is 10.4 Å². The van der Waals surface area contributed by atoms with Gasteiger partial charge in [0.25, 0.3) is 0 Å². The number of halogens is 4. The Morgan fingerprint density at radius 2 is 1.77 bits per heavy atom. The van der Waals surface area contributed by atoms with Crippen LogP contribution in [0.4, 0.5) is 17.6 Å². The summed E-state index contributed by atoms with van der Waals surface area (Å²) in [6.07, 6.45) is -3.73. The van der Waals surface area contributed by atoms with Gasteiger partial charge < -0.3 is 15.2 Å². The summed E-state index contributed by atoms with van der Waals surface area (Å²) in [4.78, 5) is 11.7. The van der Waals surface area contributed by atoms with Gasteiger partial charge in [-0.15, -0.1) is 0 Å². The molecule has 0 radical (unpaired) electrons. The maximum absolute atomic E-state index is 13.3. The highest BCUT2D eigenvalue weighted by molar-refractivity contribution is 5.81. The summed E-state index contributed by atoms with van der Waals surface area (Å²) < 4.78 is 60.0. The van der Waals surface area contributed by atoms with Gasteiger partial charge in [0.05, 0.1) is 29.0 Å². The van der Waals surface area contributed by atoms with Crippen molar-refractivity contribution in [1.29, 1.82) is 0 Å². The Morgan fingerprint density at radius 3 is 2.40 bits per heavy atom. The van der Waals surface area contributed by atoms with Gasteiger partial charge in [-0.25, -0.2) is 9.07 Å². The van der Waals surface area contributed by atoms with E-state index in [4.69, 9.17) is 9.84 Å². The SMILES string of the molecule is CC(NC(=O)CO)C(Oc1ccc2c(cnn2-c2ccc(F)cc2)c1)c1ccc(C(F)(F)F)cc1. The first-order valence-corrected chi connectivity index (χ1v) is 10.6. The molecule has 6 nitrogen and oxygen atoms in total. The number of hydrogen-bond acceptors (Lipinski definition) is 4. The van der Waals surface area contributed by atoms with Gasteiger partial charge in [0.2, 0.25) is 5.91 Å². The number of nitrogens with one attached hydrogen (secondary N) is 1. The highest BCUT2D eigenvalue weighted by atomic mass is 19.4. The summed E-state index contributed by atoms with van der Waals surface area (Å²) in [5.74, 6) is -0.613. The summed E-state index contributed by atoms with van der Waals surface area (Å²) in [5, 5.41) is 16.7. The molecule has 2 unspecified atom stereocenters. The minimum Gasteiger partial charge on any atom is -0.484 e. The van der Waals surface area contributed by atoms with Crippen LogP contribution in [0.5, 0.6) is 5.75 Å². The van der Waals surface area contributed by atoms with Crippen LogP contribution in [0.25, 0.3) is 16.6 Å². The van der Waals surface area contributed by atoms with Crippen LogP contribution in [0.15, 0.2) is 72.9 Å². The molecule has 0 aliphatic rings. The third-order valence-corrected chi connectivity index (χ3v) is 5.43. The lowest BCUT2D eigenvalue weighted by molar-refractivity contribution is -0.137. The lowest BCUT2D eigenvalue weighted by atomic mass is 10.0. The van der Waals surface area contributed by atoms with E-state index in [9.17, 15) is 22.4 Å². The largest absolute Gasteiger partial charge is 0.484 e. The molecule has 3 aromatic carbocycles. The summed E-state index contributed by atoms with van der Waals surface area (Å²) in [6, 6.07) is 14.8. The Kier molecular flexibility index (Phi) is 6.74. The second kappa shape index (κ2) is 9.75. The van der Waals surface area contributed by atoms with Gasteiger partial charge in [-0.2, -0.15) is 18.3 Å². The molecule has 0 bridgehead atoms. The number of aliphatic hydroxyl groups excluding tert-OH is 1. The summed E-state index contributed by atoms with van der Waals surface area (Å²) in [6.45, 7) is 0.888. The molecule has 1 amide bonds. The van der Waals surface area contributed by atoms with Crippen molar-refractivity contribution < 1.29 is 32.2 Å².